The molecule has 0 aromatic heterocycles. The number of carbonyl (C=O) groups excluding carboxylic acids is 1. The fourth-order valence-electron chi connectivity index (χ4n) is 3.70. The molecular formula is C20H41IN6O. The van der Waals surface area contributed by atoms with E-state index < -0.39 is 0 Å². The summed E-state index contributed by atoms with van der Waals surface area (Å²) < 4.78 is 0. The van der Waals surface area contributed by atoms with Crippen LogP contribution in [0.15, 0.2) is 4.99 Å². The van der Waals surface area contributed by atoms with Gasteiger partial charge in [0.15, 0.2) is 5.96 Å². The molecule has 0 aliphatic carbocycles. The van der Waals surface area contributed by atoms with Gasteiger partial charge in [-0.2, -0.15) is 0 Å². The van der Waals surface area contributed by atoms with Crippen molar-refractivity contribution in [2.75, 3.05) is 58.9 Å². The molecule has 28 heavy (non-hydrogen) atoms. The first-order valence-corrected chi connectivity index (χ1v) is 10.6. The maximum absolute atomic E-state index is 12.6. The highest BCUT2D eigenvalue weighted by atomic mass is 127. The average molecular weight is 508 g/mol. The normalized spacial score (nSPS) is 20.1. The molecule has 1 unspecified atom stereocenters. The van der Waals surface area contributed by atoms with Crippen LogP contribution in [-0.4, -0.2) is 97.1 Å². The molecule has 2 aliphatic heterocycles. The van der Waals surface area contributed by atoms with Gasteiger partial charge in [-0.25, -0.2) is 0 Å². The summed E-state index contributed by atoms with van der Waals surface area (Å²) in [4.78, 5) is 24.1. The molecular weight excluding hydrogens is 467 g/mol. The minimum Gasteiger partial charge on any atom is -0.357 e. The van der Waals surface area contributed by atoms with Crippen molar-refractivity contribution in [1.29, 1.82) is 0 Å². The predicted molar refractivity (Wildman–Crippen MR) is 128 cm³/mol. The van der Waals surface area contributed by atoms with Crippen molar-refractivity contribution in [3.8, 4) is 0 Å². The number of hydrogen-bond donors (Lipinski definition) is 2. The fraction of sp³-hybridized carbons (Fsp3) is 0.900. The Bertz CT molecular complexity index is 493. The number of amides is 1. The van der Waals surface area contributed by atoms with Gasteiger partial charge in [0.1, 0.15) is 0 Å². The third kappa shape index (κ3) is 8.02. The lowest BCUT2D eigenvalue weighted by atomic mass is 10.1. The summed E-state index contributed by atoms with van der Waals surface area (Å²) in [6, 6.07) is -0.0132. The molecule has 1 amide bonds. The van der Waals surface area contributed by atoms with E-state index in [-0.39, 0.29) is 35.6 Å². The molecule has 0 radical (unpaired) electrons. The summed E-state index contributed by atoms with van der Waals surface area (Å²) in [5, 5.41) is 6.90. The Morgan fingerprint density at radius 2 is 1.64 bits per heavy atom. The Morgan fingerprint density at radius 3 is 2.18 bits per heavy atom. The fourth-order valence-corrected chi connectivity index (χ4v) is 3.70. The molecule has 1 atom stereocenters. The van der Waals surface area contributed by atoms with Crippen LogP contribution in [0.3, 0.4) is 0 Å². The molecule has 0 spiro atoms. The van der Waals surface area contributed by atoms with Crippen LogP contribution in [0, 0.1) is 0 Å². The molecule has 2 aliphatic rings. The molecule has 164 valence electrons. The first-order chi connectivity index (χ1) is 12.8. The zero-order valence-corrected chi connectivity index (χ0v) is 20.8. The predicted octanol–water partition coefficient (Wildman–Crippen LogP) is 1.59. The van der Waals surface area contributed by atoms with E-state index in [1.807, 2.05) is 4.90 Å². The lowest BCUT2D eigenvalue weighted by Crippen LogP contribution is -2.57. The summed E-state index contributed by atoms with van der Waals surface area (Å²) in [6.07, 6.45) is 2.30. The van der Waals surface area contributed by atoms with Crippen LogP contribution in [0.2, 0.25) is 0 Å². The van der Waals surface area contributed by atoms with Gasteiger partial charge in [-0.15, -0.1) is 24.0 Å². The second kappa shape index (κ2) is 12.2. The SMILES string of the molecule is CCNC(=NCCNC(C)(C)C)N1CCN(C(C)C(=O)N2CCCC2)CC1.I. The maximum Gasteiger partial charge on any atom is 0.239 e. The Labute approximate surface area is 188 Å². The minimum atomic E-state index is -0.0132. The van der Waals surface area contributed by atoms with E-state index in [0.717, 1.165) is 77.7 Å². The first kappa shape index (κ1) is 25.4. The van der Waals surface area contributed by atoms with E-state index >= 15 is 0 Å². The van der Waals surface area contributed by atoms with E-state index in [1.54, 1.807) is 0 Å². The van der Waals surface area contributed by atoms with Gasteiger partial charge < -0.3 is 20.4 Å². The Hall–Kier alpha value is -0.610. The molecule has 0 aromatic carbocycles. The van der Waals surface area contributed by atoms with Crippen LogP contribution >= 0.6 is 24.0 Å². The van der Waals surface area contributed by atoms with Gasteiger partial charge in [0.25, 0.3) is 0 Å². The summed E-state index contributed by atoms with van der Waals surface area (Å²) >= 11 is 0. The third-order valence-electron chi connectivity index (χ3n) is 5.30. The van der Waals surface area contributed by atoms with Gasteiger partial charge >= 0.3 is 0 Å². The monoisotopic (exact) mass is 508 g/mol. The number of guanidine groups is 1. The highest BCUT2D eigenvalue weighted by molar-refractivity contribution is 14.0. The largest absolute Gasteiger partial charge is 0.357 e. The van der Waals surface area contributed by atoms with E-state index in [0.29, 0.717) is 5.91 Å². The lowest BCUT2D eigenvalue weighted by molar-refractivity contribution is -0.135. The molecule has 8 heteroatoms. The summed E-state index contributed by atoms with van der Waals surface area (Å²) in [5.74, 6) is 1.29. The molecule has 7 nitrogen and oxygen atoms in total. The Morgan fingerprint density at radius 1 is 1.04 bits per heavy atom. The lowest BCUT2D eigenvalue weighted by Gasteiger charge is -2.39. The standard InChI is InChI=1S/C20H40N6O.HI/c1-6-21-19(22-9-10-23-20(3,4)5)26-15-13-24(14-16-26)17(2)18(27)25-11-7-8-12-25;/h17,23H,6-16H2,1-5H3,(H,21,22);1H. The van der Waals surface area contributed by atoms with Crippen LogP contribution < -0.4 is 10.6 Å². The van der Waals surface area contributed by atoms with Gasteiger partial charge in [-0.05, 0) is 47.5 Å². The molecule has 0 aromatic rings. The number of hydrogen-bond acceptors (Lipinski definition) is 4. The molecule has 2 N–H and O–H groups in total. The second-order valence-electron chi connectivity index (χ2n) is 8.64. The van der Waals surface area contributed by atoms with Crippen LogP contribution in [0.25, 0.3) is 0 Å². The maximum atomic E-state index is 12.6. The first-order valence-electron chi connectivity index (χ1n) is 10.6. The molecule has 0 saturated carbocycles. The van der Waals surface area contributed by atoms with Crippen molar-refractivity contribution in [3.63, 3.8) is 0 Å². The smallest absolute Gasteiger partial charge is 0.239 e. The molecule has 2 saturated heterocycles. The summed E-state index contributed by atoms with van der Waals surface area (Å²) in [5.41, 5.74) is 0.123. The number of likely N-dealkylation sites (tertiary alicyclic amines) is 1. The quantitative estimate of drug-likeness (QED) is 0.247. The van der Waals surface area contributed by atoms with Crippen molar-refractivity contribution < 1.29 is 4.79 Å². The van der Waals surface area contributed by atoms with Crippen LogP contribution in [-0.2, 0) is 4.79 Å². The average Bonchev–Trinajstić information content (AvgIpc) is 3.17. The molecule has 2 fully saturated rings. The van der Waals surface area contributed by atoms with Crippen LogP contribution in [0.5, 0.6) is 0 Å². The number of aliphatic imine (C=N–C) groups is 1. The number of rotatable bonds is 6. The zero-order valence-electron chi connectivity index (χ0n) is 18.5. The van der Waals surface area contributed by atoms with Crippen molar-refractivity contribution in [2.45, 2.75) is 59.0 Å². The van der Waals surface area contributed by atoms with Gasteiger partial charge in [0, 0.05) is 57.9 Å². The number of carbonyl (C=O) groups is 1. The summed E-state index contributed by atoms with van der Waals surface area (Å²) in [6.45, 7) is 18.7. The minimum absolute atomic E-state index is 0. The van der Waals surface area contributed by atoms with Gasteiger partial charge in [-0.3, -0.25) is 14.7 Å². The van der Waals surface area contributed by atoms with E-state index in [9.17, 15) is 4.79 Å². The van der Waals surface area contributed by atoms with Crippen molar-refractivity contribution in [1.82, 2.24) is 25.3 Å². The number of nitrogens with zero attached hydrogens (tertiary/aromatic N) is 4. The molecule has 0 bridgehead atoms. The Balaban J connectivity index is 0.00000392. The molecule has 2 heterocycles. The number of piperazine rings is 1. The van der Waals surface area contributed by atoms with Crippen molar-refractivity contribution in [3.05, 3.63) is 0 Å². The molecule has 2 rings (SSSR count). The van der Waals surface area contributed by atoms with Crippen LogP contribution in [0.1, 0.15) is 47.5 Å². The Kier molecular flexibility index (Phi) is 11.1. The highest BCUT2D eigenvalue weighted by Crippen LogP contribution is 2.14. The van der Waals surface area contributed by atoms with Crippen molar-refractivity contribution in [2.24, 2.45) is 4.99 Å². The van der Waals surface area contributed by atoms with Gasteiger partial charge in [-0.1, -0.05) is 0 Å². The van der Waals surface area contributed by atoms with E-state index in [1.165, 1.54) is 0 Å². The van der Waals surface area contributed by atoms with Crippen LogP contribution in [0.4, 0.5) is 0 Å². The van der Waals surface area contributed by atoms with Gasteiger partial charge in [0.2, 0.25) is 5.91 Å². The van der Waals surface area contributed by atoms with E-state index in [4.69, 9.17) is 4.99 Å². The van der Waals surface area contributed by atoms with Gasteiger partial charge in [0.05, 0.1) is 12.6 Å². The highest BCUT2D eigenvalue weighted by Gasteiger charge is 2.30. The third-order valence-corrected chi connectivity index (χ3v) is 5.30. The van der Waals surface area contributed by atoms with E-state index in [2.05, 4.69) is 55.1 Å². The summed E-state index contributed by atoms with van der Waals surface area (Å²) in [7, 11) is 0. The number of nitrogens with one attached hydrogen (secondary N) is 2. The topological polar surface area (TPSA) is 63.2 Å². The second-order valence-corrected chi connectivity index (χ2v) is 8.64. The van der Waals surface area contributed by atoms with Crippen molar-refractivity contribution >= 4 is 35.8 Å². The number of halogens is 1. The zero-order chi connectivity index (χ0) is 19.9.